The van der Waals surface area contributed by atoms with Gasteiger partial charge in [-0.15, -0.1) is 5.10 Å². The van der Waals surface area contributed by atoms with Gasteiger partial charge < -0.3 is 16.2 Å². The largest absolute Gasteiger partial charge is 0.390 e. The van der Waals surface area contributed by atoms with E-state index in [0.717, 1.165) is 5.69 Å². The van der Waals surface area contributed by atoms with E-state index in [-0.39, 0.29) is 6.54 Å². The molecular weight excluding hydrogens is 168 g/mol. The molecule has 13 heavy (non-hydrogen) atoms. The lowest BCUT2D eigenvalue weighted by Crippen LogP contribution is -2.28. The highest BCUT2D eigenvalue weighted by Crippen LogP contribution is 2.00. The number of rotatable bonds is 4. The minimum atomic E-state index is -0.539. The number of hydrogen-bond acceptors (Lipinski definition) is 5. The number of aryl methyl sites for hydroxylation is 1. The third-order valence-electron chi connectivity index (χ3n) is 1.59. The fraction of sp³-hybridized carbons (Fsp3) is 0.500. The fourth-order valence-corrected chi connectivity index (χ4v) is 0.799. The van der Waals surface area contributed by atoms with E-state index < -0.39 is 6.10 Å². The Balaban J connectivity index is 2.41. The predicted octanol–water partition coefficient (Wildman–Crippen LogP) is -0.483. The summed E-state index contributed by atoms with van der Waals surface area (Å²) in [6.45, 7) is 2.51. The molecule has 1 atom stereocenters. The van der Waals surface area contributed by atoms with Gasteiger partial charge in [-0.2, -0.15) is 5.10 Å². The summed E-state index contributed by atoms with van der Waals surface area (Å²) in [4.78, 5) is 0. The van der Waals surface area contributed by atoms with Gasteiger partial charge in [0.1, 0.15) is 5.82 Å². The molecule has 1 aromatic rings. The molecule has 0 aliphatic rings. The standard InChI is InChI=1S/C8H14N4O/c1-6-2-3-8(12-11-6)10-5-7(13)4-9/h2-3,7,13H,4-5,9H2,1H3,(H,10,12). The zero-order chi connectivity index (χ0) is 9.68. The van der Waals surface area contributed by atoms with Crippen LogP contribution >= 0.6 is 0 Å². The van der Waals surface area contributed by atoms with E-state index in [0.29, 0.717) is 12.4 Å². The second kappa shape index (κ2) is 4.74. The molecule has 0 aliphatic heterocycles. The summed E-state index contributed by atoms with van der Waals surface area (Å²) in [7, 11) is 0. The van der Waals surface area contributed by atoms with Crippen LogP contribution in [-0.2, 0) is 0 Å². The van der Waals surface area contributed by atoms with Crippen molar-refractivity contribution in [2.45, 2.75) is 13.0 Å². The minimum absolute atomic E-state index is 0.242. The average molecular weight is 182 g/mol. The first-order valence-electron chi connectivity index (χ1n) is 4.14. The molecule has 72 valence electrons. The Morgan fingerprint density at radius 2 is 2.31 bits per heavy atom. The molecule has 0 radical (unpaired) electrons. The highest BCUT2D eigenvalue weighted by Gasteiger charge is 2.00. The molecule has 0 fully saturated rings. The summed E-state index contributed by atoms with van der Waals surface area (Å²) >= 11 is 0. The average Bonchev–Trinajstić information content (AvgIpc) is 2.16. The van der Waals surface area contributed by atoms with Gasteiger partial charge in [-0.3, -0.25) is 0 Å². The number of aliphatic hydroxyl groups excluding tert-OH is 1. The molecule has 0 bridgehead atoms. The van der Waals surface area contributed by atoms with Crippen molar-refractivity contribution in [2.75, 3.05) is 18.4 Å². The molecule has 5 heteroatoms. The van der Waals surface area contributed by atoms with Crippen LogP contribution in [0.1, 0.15) is 5.69 Å². The number of aromatic nitrogens is 2. The highest BCUT2D eigenvalue weighted by atomic mass is 16.3. The summed E-state index contributed by atoms with van der Waals surface area (Å²) in [6, 6.07) is 3.66. The Hall–Kier alpha value is -1.20. The van der Waals surface area contributed by atoms with Crippen molar-refractivity contribution in [3.63, 3.8) is 0 Å². The maximum absolute atomic E-state index is 9.14. The van der Waals surface area contributed by atoms with Gasteiger partial charge in [0, 0.05) is 13.1 Å². The Labute approximate surface area is 77.0 Å². The number of aliphatic hydroxyl groups is 1. The van der Waals surface area contributed by atoms with Crippen LogP contribution in [0.2, 0.25) is 0 Å². The monoisotopic (exact) mass is 182 g/mol. The van der Waals surface area contributed by atoms with Gasteiger partial charge in [0.05, 0.1) is 11.8 Å². The quantitative estimate of drug-likeness (QED) is 0.585. The van der Waals surface area contributed by atoms with E-state index in [9.17, 15) is 0 Å². The molecule has 1 rings (SSSR count). The Bertz CT molecular complexity index is 249. The molecule has 0 spiro atoms. The lowest BCUT2D eigenvalue weighted by atomic mass is 10.3. The van der Waals surface area contributed by atoms with E-state index in [4.69, 9.17) is 10.8 Å². The molecule has 0 aliphatic carbocycles. The molecule has 1 aromatic heterocycles. The van der Waals surface area contributed by atoms with Gasteiger partial charge in [-0.25, -0.2) is 0 Å². The molecule has 0 saturated carbocycles. The number of nitrogens with one attached hydrogen (secondary N) is 1. The first-order chi connectivity index (χ1) is 6.22. The topological polar surface area (TPSA) is 84.1 Å². The third kappa shape index (κ3) is 3.35. The molecule has 1 unspecified atom stereocenters. The maximum Gasteiger partial charge on any atom is 0.148 e. The van der Waals surface area contributed by atoms with E-state index in [2.05, 4.69) is 15.5 Å². The smallest absolute Gasteiger partial charge is 0.148 e. The lowest BCUT2D eigenvalue weighted by molar-refractivity contribution is 0.196. The first kappa shape index (κ1) is 9.88. The molecule has 0 aromatic carbocycles. The summed E-state index contributed by atoms with van der Waals surface area (Å²) < 4.78 is 0. The van der Waals surface area contributed by atoms with E-state index >= 15 is 0 Å². The molecule has 5 nitrogen and oxygen atoms in total. The molecule has 0 saturated heterocycles. The normalized spacial score (nSPS) is 12.5. The van der Waals surface area contributed by atoms with E-state index in [1.807, 2.05) is 19.1 Å². The lowest BCUT2D eigenvalue weighted by Gasteiger charge is -2.08. The molecule has 0 amide bonds. The van der Waals surface area contributed by atoms with Crippen molar-refractivity contribution in [1.29, 1.82) is 0 Å². The highest BCUT2D eigenvalue weighted by molar-refractivity contribution is 5.32. The van der Waals surface area contributed by atoms with E-state index in [1.165, 1.54) is 0 Å². The second-order valence-corrected chi connectivity index (χ2v) is 2.83. The van der Waals surface area contributed by atoms with Crippen molar-refractivity contribution >= 4 is 5.82 Å². The van der Waals surface area contributed by atoms with Gasteiger partial charge in [-0.05, 0) is 19.1 Å². The van der Waals surface area contributed by atoms with Crippen LogP contribution in [0.15, 0.2) is 12.1 Å². The predicted molar refractivity (Wildman–Crippen MR) is 50.3 cm³/mol. The number of hydrogen-bond donors (Lipinski definition) is 3. The van der Waals surface area contributed by atoms with Gasteiger partial charge in [0.25, 0.3) is 0 Å². The van der Waals surface area contributed by atoms with Crippen molar-refractivity contribution in [2.24, 2.45) is 5.73 Å². The Kier molecular flexibility index (Phi) is 3.60. The minimum Gasteiger partial charge on any atom is -0.390 e. The van der Waals surface area contributed by atoms with Crippen molar-refractivity contribution in [3.05, 3.63) is 17.8 Å². The van der Waals surface area contributed by atoms with Gasteiger partial charge >= 0.3 is 0 Å². The SMILES string of the molecule is Cc1ccc(NCC(O)CN)nn1. The van der Waals surface area contributed by atoms with Crippen LogP contribution in [0.3, 0.4) is 0 Å². The second-order valence-electron chi connectivity index (χ2n) is 2.83. The van der Waals surface area contributed by atoms with Crippen molar-refractivity contribution in [1.82, 2.24) is 10.2 Å². The van der Waals surface area contributed by atoms with Crippen molar-refractivity contribution < 1.29 is 5.11 Å². The van der Waals surface area contributed by atoms with Crippen LogP contribution in [-0.4, -0.2) is 34.5 Å². The van der Waals surface area contributed by atoms with Crippen LogP contribution in [0.25, 0.3) is 0 Å². The molecule has 4 N–H and O–H groups in total. The summed E-state index contributed by atoms with van der Waals surface area (Å²) in [5.41, 5.74) is 6.10. The summed E-state index contributed by atoms with van der Waals surface area (Å²) in [6.07, 6.45) is -0.539. The van der Waals surface area contributed by atoms with Gasteiger partial charge in [0.2, 0.25) is 0 Å². The summed E-state index contributed by atoms with van der Waals surface area (Å²) in [5.74, 6) is 0.651. The molecular formula is C8H14N4O. The fourth-order valence-electron chi connectivity index (χ4n) is 0.799. The number of anilines is 1. The maximum atomic E-state index is 9.14. The Morgan fingerprint density at radius 1 is 1.54 bits per heavy atom. The summed E-state index contributed by atoms with van der Waals surface area (Å²) in [5, 5.41) is 19.8. The van der Waals surface area contributed by atoms with Crippen LogP contribution in [0, 0.1) is 6.92 Å². The van der Waals surface area contributed by atoms with Crippen molar-refractivity contribution in [3.8, 4) is 0 Å². The zero-order valence-electron chi connectivity index (χ0n) is 7.57. The third-order valence-corrected chi connectivity index (χ3v) is 1.59. The van der Waals surface area contributed by atoms with Crippen LogP contribution < -0.4 is 11.1 Å². The first-order valence-corrected chi connectivity index (χ1v) is 4.14. The van der Waals surface area contributed by atoms with E-state index in [1.54, 1.807) is 0 Å². The zero-order valence-corrected chi connectivity index (χ0v) is 7.57. The van der Waals surface area contributed by atoms with Crippen LogP contribution in [0.4, 0.5) is 5.82 Å². The van der Waals surface area contributed by atoms with Crippen LogP contribution in [0.5, 0.6) is 0 Å². The van der Waals surface area contributed by atoms with Gasteiger partial charge in [-0.1, -0.05) is 0 Å². The molecule has 1 heterocycles. The van der Waals surface area contributed by atoms with Gasteiger partial charge in [0.15, 0.2) is 0 Å². The Morgan fingerprint density at radius 3 is 2.85 bits per heavy atom. The number of nitrogens with two attached hydrogens (primary N) is 1. The number of nitrogens with zero attached hydrogens (tertiary/aromatic N) is 2.